The second-order valence-electron chi connectivity index (χ2n) is 4.06. The first-order valence-electron chi connectivity index (χ1n) is 5.62. The monoisotopic (exact) mass is 290 g/mol. The van der Waals surface area contributed by atoms with Gasteiger partial charge in [-0.25, -0.2) is 19.5 Å². The number of fused-ring (bicyclic) bond motifs is 1. The molecule has 0 aromatic carbocycles. The molecule has 0 spiro atoms. The van der Waals surface area contributed by atoms with E-state index in [1.165, 1.54) is 23.2 Å². The van der Waals surface area contributed by atoms with Gasteiger partial charge in [-0.05, 0) is 0 Å². The number of nitrogens with zero attached hydrogens (tertiary/aromatic N) is 6. The van der Waals surface area contributed by atoms with Crippen LogP contribution in [0.1, 0.15) is 11.4 Å². The zero-order valence-corrected chi connectivity index (χ0v) is 10.2. The Morgan fingerprint density at radius 3 is 2.48 bits per heavy atom. The average molecular weight is 290 g/mol. The van der Waals surface area contributed by atoms with Crippen LogP contribution in [0.3, 0.4) is 0 Å². The van der Waals surface area contributed by atoms with Crippen LogP contribution in [0.15, 0.2) is 31.1 Å². The van der Waals surface area contributed by atoms with Crippen molar-refractivity contribution in [3.05, 3.63) is 42.5 Å². The van der Waals surface area contributed by atoms with Gasteiger partial charge in [-0.1, -0.05) is 0 Å². The third-order valence-electron chi connectivity index (χ3n) is 2.78. The molecule has 0 N–H and O–H groups in total. The molecule has 0 saturated carbocycles. The van der Waals surface area contributed by atoms with Crippen molar-refractivity contribution in [2.75, 3.05) is 0 Å². The number of nitriles is 1. The highest BCUT2D eigenvalue weighted by atomic mass is 19.4. The van der Waals surface area contributed by atoms with Crippen molar-refractivity contribution in [3.63, 3.8) is 0 Å². The fourth-order valence-electron chi connectivity index (χ4n) is 1.91. The summed E-state index contributed by atoms with van der Waals surface area (Å²) < 4.78 is 38.8. The quantitative estimate of drug-likeness (QED) is 0.685. The lowest BCUT2D eigenvalue weighted by Gasteiger charge is -2.05. The Kier molecular flexibility index (Phi) is 2.79. The molecule has 0 radical (unpaired) electrons. The van der Waals surface area contributed by atoms with E-state index >= 15 is 0 Å². The summed E-state index contributed by atoms with van der Waals surface area (Å²) in [6.07, 6.45) is 1.66. The fraction of sp³-hybridized carbons (Fsp3) is 0.0833. The third-order valence-corrected chi connectivity index (χ3v) is 2.78. The van der Waals surface area contributed by atoms with Gasteiger partial charge in [0.15, 0.2) is 0 Å². The number of hydrogen-bond acceptors (Lipinski definition) is 5. The van der Waals surface area contributed by atoms with Crippen molar-refractivity contribution in [3.8, 4) is 17.2 Å². The highest BCUT2D eigenvalue weighted by Crippen LogP contribution is 2.30. The molecule has 3 aromatic rings. The van der Waals surface area contributed by atoms with Gasteiger partial charge in [-0.3, -0.25) is 0 Å². The zero-order valence-electron chi connectivity index (χ0n) is 10.2. The van der Waals surface area contributed by atoms with E-state index in [-0.39, 0.29) is 11.1 Å². The first-order valence-corrected chi connectivity index (χ1v) is 5.62. The van der Waals surface area contributed by atoms with Crippen molar-refractivity contribution in [2.45, 2.75) is 6.18 Å². The molecule has 0 aliphatic carbocycles. The Labute approximate surface area is 115 Å². The maximum Gasteiger partial charge on any atom is 0.451 e. The van der Waals surface area contributed by atoms with E-state index in [9.17, 15) is 13.2 Å². The molecule has 0 bridgehead atoms. The van der Waals surface area contributed by atoms with Crippen LogP contribution in [0, 0.1) is 11.3 Å². The van der Waals surface area contributed by atoms with Crippen LogP contribution in [-0.2, 0) is 6.18 Å². The van der Waals surface area contributed by atoms with Crippen LogP contribution in [0.5, 0.6) is 0 Å². The lowest BCUT2D eigenvalue weighted by molar-refractivity contribution is -0.144. The van der Waals surface area contributed by atoms with Crippen molar-refractivity contribution >= 4 is 5.52 Å². The summed E-state index contributed by atoms with van der Waals surface area (Å²) in [6, 6.07) is 1.96. The summed E-state index contributed by atoms with van der Waals surface area (Å²) in [7, 11) is 0. The molecule has 21 heavy (non-hydrogen) atoms. The Hall–Kier alpha value is -3.02. The Morgan fingerprint density at radius 2 is 1.86 bits per heavy atom. The highest BCUT2D eigenvalue weighted by Gasteiger charge is 2.34. The molecule has 0 amide bonds. The molecule has 0 fully saturated rings. The molecular weight excluding hydrogens is 285 g/mol. The number of aromatic nitrogens is 5. The summed E-state index contributed by atoms with van der Waals surface area (Å²) in [4.78, 5) is 10.4. The van der Waals surface area contributed by atoms with Crippen molar-refractivity contribution in [1.82, 2.24) is 24.6 Å². The van der Waals surface area contributed by atoms with Crippen LogP contribution in [-0.4, -0.2) is 24.6 Å². The molecule has 3 heterocycles. The van der Waals surface area contributed by atoms with Crippen LogP contribution in [0.25, 0.3) is 16.6 Å². The van der Waals surface area contributed by atoms with Gasteiger partial charge in [-0.15, -0.1) is 0 Å². The number of hydrogen-bond donors (Lipinski definition) is 0. The molecule has 0 aliphatic heterocycles. The van der Waals surface area contributed by atoms with Crippen LogP contribution in [0.4, 0.5) is 13.2 Å². The molecular formula is C12H5F3N6. The van der Waals surface area contributed by atoms with E-state index in [4.69, 9.17) is 5.26 Å². The highest BCUT2D eigenvalue weighted by molar-refractivity contribution is 5.84. The first-order chi connectivity index (χ1) is 10.0. The van der Waals surface area contributed by atoms with Gasteiger partial charge < -0.3 is 0 Å². The molecule has 0 saturated heterocycles. The van der Waals surface area contributed by atoms with Gasteiger partial charge in [-0.2, -0.15) is 23.5 Å². The normalized spacial score (nSPS) is 11.5. The van der Waals surface area contributed by atoms with Gasteiger partial charge in [0.2, 0.25) is 5.82 Å². The zero-order chi connectivity index (χ0) is 15.0. The molecule has 3 rings (SSSR count). The number of halogens is 3. The van der Waals surface area contributed by atoms with Gasteiger partial charge in [0.05, 0.1) is 17.3 Å². The maximum absolute atomic E-state index is 12.5. The SMILES string of the molecule is N#Cc1cn2ncncc2c1-c1cnc(C(F)(F)F)nc1. The van der Waals surface area contributed by atoms with Crippen LogP contribution < -0.4 is 0 Å². The summed E-state index contributed by atoms with van der Waals surface area (Å²) >= 11 is 0. The number of rotatable bonds is 1. The molecule has 0 aliphatic rings. The van der Waals surface area contributed by atoms with Crippen LogP contribution >= 0.6 is 0 Å². The minimum absolute atomic E-state index is 0.249. The van der Waals surface area contributed by atoms with Crippen LogP contribution in [0.2, 0.25) is 0 Å². The molecule has 0 atom stereocenters. The lowest BCUT2D eigenvalue weighted by Crippen LogP contribution is -2.10. The molecule has 104 valence electrons. The van der Waals surface area contributed by atoms with Gasteiger partial charge >= 0.3 is 6.18 Å². The van der Waals surface area contributed by atoms with Crippen molar-refractivity contribution in [2.24, 2.45) is 0 Å². The van der Waals surface area contributed by atoms with Gasteiger partial charge in [0.25, 0.3) is 0 Å². The Balaban J connectivity index is 2.19. The summed E-state index contributed by atoms with van der Waals surface area (Å²) in [5.41, 5.74) is 1.42. The standard InChI is InChI=1S/C12H5F3N6/c13-12(14,15)11-18-2-8(3-19-11)10-7(1-16)5-21-9(10)4-17-6-20-21/h2-6H. The van der Waals surface area contributed by atoms with E-state index in [0.717, 1.165) is 12.4 Å². The average Bonchev–Trinajstić information content (AvgIpc) is 2.85. The van der Waals surface area contributed by atoms with E-state index in [1.54, 1.807) is 0 Å². The predicted octanol–water partition coefficient (Wildman–Crippen LogP) is 2.08. The van der Waals surface area contributed by atoms with E-state index in [0.29, 0.717) is 11.1 Å². The summed E-state index contributed by atoms with van der Waals surface area (Å²) in [5.74, 6) is -1.23. The van der Waals surface area contributed by atoms with E-state index in [2.05, 4.69) is 20.1 Å². The minimum Gasteiger partial charge on any atom is -0.241 e. The Morgan fingerprint density at radius 1 is 1.14 bits per heavy atom. The minimum atomic E-state index is -4.61. The lowest BCUT2D eigenvalue weighted by atomic mass is 10.1. The topological polar surface area (TPSA) is 79.8 Å². The van der Waals surface area contributed by atoms with Gasteiger partial charge in [0.1, 0.15) is 12.4 Å². The maximum atomic E-state index is 12.5. The Bertz CT molecular complexity index is 844. The van der Waals surface area contributed by atoms with Crippen molar-refractivity contribution < 1.29 is 13.2 Å². The van der Waals surface area contributed by atoms with Gasteiger partial charge in [0, 0.05) is 29.7 Å². The smallest absolute Gasteiger partial charge is 0.241 e. The predicted molar refractivity (Wildman–Crippen MR) is 63.7 cm³/mol. The molecule has 6 nitrogen and oxygen atoms in total. The second-order valence-corrected chi connectivity index (χ2v) is 4.06. The summed E-state index contributed by atoms with van der Waals surface area (Å²) in [6.45, 7) is 0. The van der Waals surface area contributed by atoms with E-state index in [1.807, 2.05) is 6.07 Å². The molecule has 3 aromatic heterocycles. The molecule has 9 heteroatoms. The second kappa shape index (κ2) is 4.52. The summed E-state index contributed by atoms with van der Waals surface area (Å²) in [5, 5.41) is 13.1. The fourth-order valence-corrected chi connectivity index (χ4v) is 1.91. The third kappa shape index (κ3) is 2.16. The van der Waals surface area contributed by atoms with E-state index < -0.39 is 12.0 Å². The first kappa shape index (κ1) is 13.0. The number of alkyl halides is 3. The molecule has 0 unspecified atom stereocenters. The van der Waals surface area contributed by atoms with Crippen molar-refractivity contribution in [1.29, 1.82) is 5.26 Å². The largest absolute Gasteiger partial charge is 0.451 e.